The second kappa shape index (κ2) is 6.38. The van der Waals surface area contributed by atoms with Crippen LogP contribution >= 0.6 is 0 Å². The van der Waals surface area contributed by atoms with Crippen molar-refractivity contribution < 1.29 is 9.53 Å². The van der Waals surface area contributed by atoms with Crippen molar-refractivity contribution in [2.24, 2.45) is 0 Å². The van der Waals surface area contributed by atoms with E-state index in [4.69, 9.17) is 4.74 Å². The number of nitrogens with zero attached hydrogens (tertiary/aromatic N) is 3. The van der Waals surface area contributed by atoms with Gasteiger partial charge in [-0.05, 0) is 19.3 Å². The molecule has 2 heterocycles. The Kier molecular flexibility index (Phi) is 4.83. The molecule has 2 aliphatic heterocycles. The number of piperazine rings is 1. The van der Waals surface area contributed by atoms with Crippen molar-refractivity contribution in [1.82, 2.24) is 14.7 Å². The van der Waals surface area contributed by atoms with E-state index in [0.29, 0.717) is 6.10 Å². The molecule has 0 spiro atoms. The topological polar surface area (TPSA) is 36.0 Å². The maximum Gasteiger partial charge on any atom is 0.319 e. The largest absolute Gasteiger partial charge is 0.377 e. The van der Waals surface area contributed by atoms with Crippen LogP contribution in [-0.4, -0.2) is 80.3 Å². The first-order valence-corrected chi connectivity index (χ1v) is 6.97. The summed E-state index contributed by atoms with van der Waals surface area (Å²) in [7, 11) is 3.62. The standard InChI is InChI=1S/C13H25N3O2/c1-14(2)13(17)16-8-6-15(7-9-16)11-12-5-3-4-10-18-12/h12H,3-11H2,1-2H3. The van der Waals surface area contributed by atoms with Crippen LogP contribution in [0.3, 0.4) is 0 Å². The summed E-state index contributed by atoms with van der Waals surface area (Å²) in [6.45, 7) is 5.57. The number of urea groups is 1. The van der Waals surface area contributed by atoms with Crippen molar-refractivity contribution in [3.63, 3.8) is 0 Å². The Bertz CT molecular complexity index is 269. The monoisotopic (exact) mass is 255 g/mol. The highest BCUT2D eigenvalue weighted by atomic mass is 16.5. The Balaban J connectivity index is 1.71. The summed E-state index contributed by atoms with van der Waals surface area (Å²) in [6, 6.07) is 0.128. The predicted octanol–water partition coefficient (Wildman–Crippen LogP) is 0.855. The summed E-state index contributed by atoms with van der Waals surface area (Å²) in [6.07, 6.45) is 4.11. The Morgan fingerprint density at radius 1 is 1.22 bits per heavy atom. The highest BCUT2D eigenvalue weighted by Crippen LogP contribution is 2.15. The summed E-state index contributed by atoms with van der Waals surface area (Å²) in [5.74, 6) is 0. The third-order valence-corrected chi connectivity index (χ3v) is 3.76. The minimum absolute atomic E-state index is 0.128. The molecule has 0 aromatic rings. The Morgan fingerprint density at radius 2 is 1.94 bits per heavy atom. The fourth-order valence-corrected chi connectivity index (χ4v) is 2.64. The lowest BCUT2D eigenvalue weighted by molar-refractivity contribution is -0.0123. The fourth-order valence-electron chi connectivity index (χ4n) is 2.64. The zero-order valence-electron chi connectivity index (χ0n) is 11.6. The van der Waals surface area contributed by atoms with Gasteiger partial charge in [-0.1, -0.05) is 0 Å². The number of carbonyl (C=O) groups is 1. The van der Waals surface area contributed by atoms with Gasteiger partial charge in [0.25, 0.3) is 0 Å². The first-order chi connectivity index (χ1) is 8.66. The molecule has 1 unspecified atom stereocenters. The van der Waals surface area contributed by atoms with Gasteiger partial charge in [0, 0.05) is 53.4 Å². The van der Waals surface area contributed by atoms with Crippen LogP contribution in [0.15, 0.2) is 0 Å². The molecule has 0 radical (unpaired) electrons. The number of hydrogen-bond acceptors (Lipinski definition) is 3. The molecule has 0 N–H and O–H groups in total. The van der Waals surface area contributed by atoms with E-state index < -0.39 is 0 Å². The fraction of sp³-hybridized carbons (Fsp3) is 0.923. The molecule has 2 saturated heterocycles. The number of carbonyl (C=O) groups excluding carboxylic acids is 1. The van der Waals surface area contributed by atoms with Crippen LogP contribution in [0.1, 0.15) is 19.3 Å². The van der Waals surface area contributed by atoms with Gasteiger partial charge >= 0.3 is 6.03 Å². The van der Waals surface area contributed by atoms with Crippen molar-refractivity contribution >= 4 is 6.03 Å². The molecule has 1 atom stereocenters. The van der Waals surface area contributed by atoms with Crippen molar-refractivity contribution in [3.8, 4) is 0 Å². The predicted molar refractivity (Wildman–Crippen MR) is 70.7 cm³/mol. The minimum atomic E-state index is 0.128. The Hall–Kier alpha value is -0.810. The molecule has 0 aliphatic carbocycles. The first kappa shape index (κ1) is 13.6. The van der Waals surface area contributed by atoms with Gasteiger partial charge in [-0.3, -0.25) is 4.90 Å². The van der Waals surface area contributed by atoms with Gasteiger partial charge in [-0.2, -0.15) is 0 Å². The maximum atomic E-state index is 11.8. The molecule has 5 nitrogen and oxygen atoms in total. The van der Waals surface area contributed by atoms with E-state index in [9.17, 15) is 4.79 Å². The highest BCUT2D eigenvalue weighted by molar-refractivity contribution is 5.73. The van der Waals surface area contributed by atoms with Gasteiger partial charge in [0.1, 0.15) is 0 Å². The van der Waals surface area contributed by atoms with Crippen LogP contribution in [0.25, 0.3) is 0 Å². The lowest BCUT2D eigenvalue weighted by atomic mass is 10.1. The van der Waals surface area contributed by atoms with Crippen molar-refractivity contribution in [2.45, 2.75) is 25.4 Å². The third kappa shape index (κ3) is 3.59. The second-order valence-electron chi connectivity index (χ2n) is 5.45. The molecule has 2 rings (SSSR count). The first-order valence-electron chi connectivity index (χ1n) is 6.97. The smallest absolute Gasteiger partial charge is 0.319 e. The number of ether oxygens (including phenoxy) is 1. The van der Waals surface area contributed by atoms with Crippen LogP contribution in [0.2, 0.25) is 0 Å². The Labute approximate surface area is 110 Å². The molecular weight excluding hydrogens is 230 g/mol. The minimum Gasteiger partial charge on any atom is -0.377 e. The maximum absolute atomic E-state index is 11.8. The van der Waals surface area contributed by atoms with Gasteiger partial charge in [0.05, 0.1) is 6.10 Å². The van der Waals surface area contributed by atoms with Gasteiger partial charge in [-0.25, -0.2) is 4.79 Å². The van der Waals surface area contributed by atoms with Gasteiger partial charge < -0.3 is 14.5 Å². The molecule has 0 saturated carbocycles. The average molecular weight is 255 g/mol. The van der Waals surface area contributed by atoms with Crippen LogP contribution in [0, 0.1) is 0 Å². The third-order valence-electron chi connectivity index (χ3n) is 3.76. The van der Waals surface area contributed by atoms with E-state index in [1.165, 1.54) is 19.3 Å². The second-order valence-corrected chi connectivity index (χ2v) is 5.45. The lowest BCUT2D eigenvalue weighted by Crippen LogP contribution is -2.53. The van der Waals surface area contributed by atoms with Crippen molar-refractivity contribution in [1.29, 1.82) is 0 Å². The molecule has 2 amide bonds. The summed E-state index contributed by atoms with van der Waals surface area (Å²) in [5, 5.41) is 0. The summed E-state index contributed by atoms with van der Waals surface area (Å²) in [5.41, 5.74) is 0. The van der Waals surface area contributed by atoms with Crippen molar-refractivity contribution in [3.05, 3.63) is 0 Å². The summed E-state index contributed by atoms with van der Waals surface area (Å²) >= 11 is 0. The van der Waals surface area contributed by atoms with Gasteiger partial charge in [-0.15, -0.1) is 0 Å². The quantitative estimate of drug-likeness (QED) is 0.734. The number of rotatable bonds is 2. The Morgan fingerprint density at radius 3 is 2.50 bits per heavy atom. The molecule has 5 heteroatoms. The van der Waals surface area contributed by atoms with E-state index in [-0.39, 0.29) is 6.03 Å². The van der Waals surface area contributed by atoms with E-state index in [1.807, 2.05) is 19.0 Å². The molecule has 0 bridgehead atoms. The van der Waals surface area contributed by atoms with E-state index in [1.54, 1.807) is 4.90 Å². The molecule has 2 fully saturated rings. The van der Waals surface area contributed by atoms with Crippen LogP contribution in [0.4, 0.5) is 4.79 Å². The normalized spacial score (nSPS) is 26.1. The zero-order valence-corrected chi connectivity index (χ0v) is 11.6. The van der Waals surface area contributed by atoms with E-state index in [2.05, 4.69) is 4.90 Å². The molecule has 0 aromatic heterocycles. The van der Waals surface area contributed by atoms with Gasteiger partial charge in [0.2, 0.25) is 0 Å². The van der Waals surface area contributed by atoms with Gasteiger partial charge in [0.15, 0.2) is 0 Å². The number of hydrogen-bond donors (Lipinski definition) is 0. The van der Waals surface area contributed by atoms with Crippen molar-refractivity contribution in [2.75, 3.05) is 53.4 Å². The van der Waals surface area contributed by atoms with Crippen LogP contribution in [-0.2, 0) is 4.74 Å². The molecular formula is C13H25N3O2. The van der Waals surface area contributed by atoms with E-state index in [0.717, 1.165) is 39.3 Å². The summed E-state index contributed by atoms with van der Waals surface area (Å²) < 4.78 is 5.76. The molecule has 0 aromatic carbocycles. The molecule has 104 valence electrons. The SMILES string of the molecule is CN(C)C(=O)N1CCN(CC2CCCCO2)CC1. The van der Waals surface area contributed by atoms with E-state index >= 15 is 0 Å². The van der Waals surface area contributed by atoms with Crippen LogP contribution in [0.5, 0.6) is 0 Å². The summed E-state index contributed by atoms with van der Waals surface area (Å²) in [4.78, 5) is 17.8. The lowest BCUT2D eigenvalue weighted by Gasteiger charge is -2.37. The highest BCUT2D eigenvalue weighted by Gasteiger charge is 2.24. The average Bonchev–Trinajstić information content (AvgIpc) is 2.40. The number of amides is 2. The molecule has 2 aliphatic rings. The molecule has 18 heavy (non-hydrogen) atoms. The van der Waals surface area contributed by atoms with Crippen LogP contribution < -0.4 is 0 Å². The zero-order chi connectivity index (χ0) is 13.0.